The maximum absolute atomic E-state index is 12.2. The van der Waals surface area contributed by atoms with E-state index in [0.717, 1.165) is 17.7 Å². The van der Waals surface area contributed by atoms with E-state index in [1.807, 2.05) is 48.5 Å². The molecule has 0 bridgehead atoms. The third-order valence-electron chi connectivity index (χ3n) is 3.34. The normalized spacial score (nSPS) is 12.2. The van der Waals surface area contributed by atoms with E-state index >= 15 is 0 Å². The molecule has 0 saturated carbocycles. The molecule has 0 N–H and O–H groups in total. The van der Waals surface area contributed by atoms with Crippen LogP contribution in [0.2, 0.25) is 0 Å². The molecule has 0 aliphatic rings. The summed E-state index contributed by atoms with van der Waals surface area (Å²) >= 11 is 0. The first-order valence-corrected chi connectivity index (χ1v) is 8.69. The average Bonchev–Trinajstić information content (AvgIpc) is 3.03. The van der Waals surface area contributed by atoms with E-state index in [-0.39, 0.29) is 0 Å². The summed E-state index contributed by atoms with van der Waals surface area (Å²) in [6, 6.07) is 19.8. The molecule has 112 valence electrons. The number of oxazole rings is 1. The Labute approximate surface area is 132 Å². The molecule has 0 radical (unpaired) electrons. The van der Waals surface area contributed by atoms with E-state index in [0.29, 0.717) is 17.4 Å². The molecule has 3 rings (SSSR count). The quantitative estimate of drug-likeness (QED) is 0.695. The highest BCUT2D eigenvalue weighted by Gasteiger charge is 2.09. The molecule has 22 heavy (non-hydrogen) atoms. The number of hydrogen-bond acceptors (Lipinski definition) is 3. The average molecular weight is 311 g/mol. The predicted octanol–water partition coefficient (Wildman–Crippen LogP) is 3.83. The number of benzene rings is 2. The van der Waals surface area contributed by atoms with Crippen molar-refractivity contribution in [1.29, 1.82) is 0 Å². The Morgan fingerprint density at radius 3 is 2.36 bits per heavy atom. The Hall–Kier alpha value is -2.20. The fourth-order valence-corrected chi connectivity index (χ4v) is 3.27. The van der Waals surface area contributed by atoms with Crippen molar-refractivity contribution in [2.45, 2.75) is 12.2 Å². The Morgan fingerprint density at radius 2 is 1.64 bits per heavy atom. The zero-order valence-corrected chi connectivity index (χ0v) is 13.0. The minimum Gasteiger partial charge on any atom is -0.444 e. The van der Waals surface area contributed by atoms with E-state index in [1.54, 1.807) is 6.26 Å². The molecule has 0 fully saturated rings. The molecule has 0 saturated heterocycles. The van der Waals surface area contributed by atoms with Crippen molar-refractivity contribution in [2.75, 3.05) is 5.75 Å². The smallest absolute Gasteiger partial charge is 0.226 e. The summed E-state index contributed by atoms with van der Waals surface area (Å²) in [7, 11) is -0.937. The van der Waals surface area contributed by atoms with Gasteiger partial charge in [-0.2, -0.15) is 0 Å². The van der Waals surface area contributed by atoms with Gasteiger partial charge in [0.2, 0.25) is 5.89 Å². The molecule has 0 aliphatic heterocycles. The van der Waals surface area contributed by atoms with Crippen molar-refractivity contribution in [3.05, 3.63) is 78.2 Å². The summed E-state index contributed by atoms with van der Waals surface area (Å²) in [5, 5.41) is 0. The van der Waals surface area contributed by atoms with Gasteiger partial charge in [0.25, 0.3) is 0 Å². The number of aryl methyl sites for hydroxylation is 1. The van der Waals surface area contributed by atoms with Gasteiger partial charge in [0, 0.05) is 22.1 Å². The molecular weight excluding hydrogens is 294 g/mol. The van der Waals surface area contributed by atoms with Crippen LogP contribution in [-0.4, -0.2) is 14.9 Å². The molecule has 4 heteroatoms. The lowest BCUT2D eigenvalue weighted by Gasteiger charge is -2.00. The van der Waals surface area contributed by atoms with Gasteiger partial charge in [-0.3, -0.25) is 4.21 Å². The molecule has 2 aromatic carbocycles. The van der Waals surface area contributed by atoms with Gasteiger partial charge >= 0.3 is 0 Å². The van der Waals surface area contributed by atoms with Crippen LogP contribution in [0.3, 0.4) is 0 Å². The van der Waals surface area contributed by atoms with Crippen molar-refractivity contribution < 1.29 is 8.63 Å². The van der Waals surface area contributed by atoms with E-state index in [9.17, 15) is 4.21 Å². The second kappa shape index (κ2) is 7.18. The third kappa shape index (κ3) is 3.92. The van der Waals surface area contributed by atoms with Crippen LogP contribution in [0.15, 0.2) is 71.3 Å². The Morgan fingerprint density at radius 1 is 0.955 bits per heavy atom. The summed E-state index contributed by atoms with van der Waals surface area (Å²) in [6.45, 7) is 0. The van der Waals surface area contributed by atoms with Gasteiger partial charge in [0.1, 0.15) is 6.26 Å². The van der Waals surface area contributed by atoms with Crippen molar-refractivity contribution in [3.8, 4) is 11.5 Å². The minimum absolute atomic E-state index is 0.434. The standard InChI is InChI=1S/C18H17NO2S/c20-22(12-11-15-7-3-1-4-8-15)14-17-13-21-18(19-17)16-9-5-2-6-10-16/h1-10,13H,11-12,14H2. The lowest BCUT2D eigenvalue weighted by Crippen LogP contribution is -2.04. The molecular formula is C18H17NO2S. The molecule has 0 aliphatic carbocycles. The Kier molecular flexibility index (Phi) is 4.81. The van der Waals surface area contributed by atoms with Gasteiger partial charge in [-0.1, -0.05) is 48.5 Å². The largest absolute Gasteiger partial charge is 0.444 e. The molecule has 1 atom stereocenters. The van der Waals surface area contributed by atoms with Crippen LogP contribution in [0.1, 0.15) is 11.3 Å². The summed E-state index contributed by atoms with van der Waals surface area (Å²) < 4.78 is 17.6. The van der Waals surface area contributed by atoms with Crippen molar-refractivity contribution in [2.24, 2.45) is 0 Å². The number of aromatic nitrogens is 1. The summed E-state index contributed by atoms with van der Waals surface area (Å²) in [4.78, 5) is 4.42. The van der Waals surface area contributed by atoms with E-state index in [2.05, 4.69) is 17.1 Å². The second-order valence-electron chi connectivity index (χ2n) is 5.03. The SMILES string of the molecule is O=S(CCc1ccccc1)Cc1coc(-c2ccccc2)n1. The molecule has 0 amide bonds. The predicted molar refractivity (Wildman–Crippen MR) is 88.8 cm³/mol. The Bertz CT molecular complexity index is 738. The van der Waals surface area contributed by atoms with Gasteiger partial charge in [-0.15, -0.1) is 0 Å². The molecule has 0 spiro atoms. The van der Waals surface area contributed by atoms with Crippen LogP contribution < -0.4 is 0 Å². The van der Waals surface area contributed by atoms with Gasteiger partial charge in [0.05, 0.1) is 11.4 Å². The highest BCUT2D eigenvalue weighted by molar-refractivity contribution is 7.84. The fraction of sp³-hybridized carbons (Fsp3) is 0.167. The van der Waals surface area contributed by atoms with Crippen molar-refractivity contribution >= 4 is 10.8 Å². The van der Waals surface area contributed by atoms with Crippen LogP contribution in [0.25, 0.3) is 11.5 Å². The van der Waals surface area contributed by atoms with Gasteiger partial charge in [0.15, 0.2) is 0 Å². The van der Waals surface area contributed by atoms with Gasteiger partial charge < -0.3 is 4.42 Å². The number of rotatable bonds is 6. The van der Waals surface area contributed by atoms with Crippen molar-refractivity contribution in [1.82, 2.24) is 4.98 Å². The summed E-state index contributed by atoms with van der Waals surface area (Å²) in [6.07, 6.45) is 2.42. The zero-order valence-electron chi connectivity index (χ0n) is 12.1. The monoisotopic (exact) mass is 311 g/mol. The highest BCUT2D eigenvalue weighted by Crippen LogP contribution is 2.18. The van der Waals surface area contributed by atoms with E-state index in [4.69, 9.17) is 4.42 Å². The van der Waals surface area contributed by atoms with Crippen LogP contribution in [0.5, 0.6) is 0 Å². The molecule has 1 aromatic heterocycles. The Balaban J connectivity index is 1.57. The van der Waals surface area contributed by atoms with E-state index < -0.39 is 10.8 Å². The number of hydrogen-bond donors (Lipinski definition) is 0. The van der Waals surface area contributed by atoms with E-state index in [1.165, 1.54) is 5.56 Å². The van der Waals surface area contributed by atoms with Crippen LogP contribution in [-0.2, 0) is 23.0 Å². The molecule has 1 heterocycles. The van der Waals surface area contributed by atoms with Gasteiger partial charge in [-0.25, -0.2) is 4.98 Å². The lowest BCUT2D eigenvalue weighted by molar-refractivity contribution is 0.573. The summed E-state index contributed by atoms with van der Waals surface area (Å²) in [5.41, 5.74) is 2.88. The van der Waals surface area contributed by atoms with Crippen LogP contribution in [0, 0.1) is 0 Å². The topological polar surface area (TPSA) is 43.1 Å². The molecule has 1 unspecified atom stereocenters. The first kappa shape index (κ1) is 14.7. The van der Waals surface area contributed by atoms with Crippen molar-refractivity contribution in [3.63, 3.8) is 0 Å². The molecule has 3 nitrogen and oxygen atoms in total. The van der Waals surface area contributed by atoms with Crippen LogP contribution >= 0.6 is 0 Å². The third-order valence-corrected chi connectivity index (χ3v) is 4.62. The fourth-order valence-electron chi connectivity index (χ4n) is 2.20. The summed E-state index contributed by atoms with van der Waals surface area (Å²) in [5.74, 6) is 1.65. The number of nitrogens with zero attached hydrogens (tertiary/aromatic N) is 1. The van der Waals surface area contributed by atoms with Crippen LogP contribution in [0.4, 0.5) is 0 Å². The minimum atomic E-state index is -0.937. The first-order chi connectivity index (χ1) is 10.8. The maximum atomic E-state index is 12.2. The maximum Gasteiger partial charge on any atom is 0.226 e. The zero-order chi connectivity index (χ0) is 15.2. The highest BCUT2D eigenvalue weighted by atomic mass is 32.2. The molecule has 3 aromatic rings. The van der Waals surface area contributed by atoms with Gasteiger partial charge in [-0.05, 0) is 24.1 Å². The lowest BCUT2D eigenvalue weighted by atomic mass is 10.2. The first-order valence-electron chi connectivity index (χ1n) is 7.20. The second-order valence-corrected chi connectivity index (χ2v) is 6.61.